The van der Waals surface area contributed by atoms with Crippen LogP contribution in [0.2, 0.25) is 0 Å². The molecule has 0 aromatic rings. The summed E-state index contributed by atoms with van der Waals surface area (Å²) in [5.74, 6) is -4.47. The van der Waals surface area contributed by atoms with Crippen LogP contribution in [-0.2, 0) is 14.4 Å². The summed E-state index contributed by atoms with van der Waals surface area (Å²) in [6.45, 7) is 3.96. The molecule has 6 nitrogen and oxygen atoms in total. The van der Waals surface area contributed by atoms with E-state index < -0.39 is 17.9 Å². The molecule has 3 N–H and O–H groups in total. The summed E-state index contributed by atoms with van der Waals surface area (Å²) in [7, 11) is 0. The van der Waals surface area contributed by atoms with Crippen molar-refractivity contribution >= 4 is 17.9 Å². The van der Waals surface area contributed by atoms with E-state index in [-0.39, 0.29) is 5.92 Å². The minimum atomic E-state index is -1.82. The summed E-state index contributed by atoms with van der Waals surface area (Å²) in [6, 6.07) is 0. The molecule has 0 aliphatic carbocycles. The summed E-state index contributed by atoms with van der Waals surface area (Å²) in [5.41, 5.74) is 0. The van der Waals surface area contributed by atoms with E-state index in [4.69, 9.17) is 24.9 Å². The lowest BCUT2D eigenvalue weighted by Crippen LogP contribution is -2.09. The topological polar surface area (TPSA) is 112 Å². The van der Waals surface area contributed by atoms with Gasteiger partial charge in [-0.2, -0.15) is 0 Å². The predicted octanol–water partition coefficient (Wildman–Crippen LogP) is 2.22. The van der Waals surface area contributed by atoms with E-state index in [0.717, 1.165) is 12.8 Å². The maximum Gasteiger partial charge on any atom is 0.414 e. The second-order valence-corrected chi connectivity index (χ2v) is 4.05. The van der Waals surface area contributed by atoms with Crippen LogP contribution >= 0.6 is 0 Å². The summed E-state index contributed by atoms with van der Waals surface area (Å²) in [4.78, 5) is 28.6. The fourth-order valence-corrected chi connectivity index (χ4v) is 1.18. The lowest BCUT2D eigenvalue weighted by molar-refractivity contribution is -0.159. The average molecular weight is 262 g/mol. The Kier molecular flexibility index (Phi) is 12.4. The molecule has 0 saturated carbocycles. The van der Waals surface area contributed by atoms with Crippen LogP contribution in [0.1, 0.15) is 52.4 Å². The third-order valence-corrected chi connectivity index (χ3v) is 2.35. The van der Waals surface area contributed by atoms with Crippen molar-refractivity contribution in [3.63, 3.8) is 0 Å². The SMILES string of the molecule is CCCCCCCC(C)C(=O)O.O=C(O)C(=O)O. The summed E-state index contributed by atoms with van der Waals surface area (Å²) < 4.78 is 0. The number of hydrogen-bond acceptors (Lipinski definition) is 3. The van der Waals surface area contributed by atoms with Crippen LogP contribution in [0, 0.1) is 5.92 Å². The van der Waals surface area contributed by atoms with Gasteiger partial charge in [-0.15, -0.1) is 0 Å². The molecule has 0 aliphatic heterocycles. The molecule has 0 aromatic carbocycles. The molecule has 0 radical (unpaired) electrons. The molecular formula is C12H22O6. The Morgan fingerprint density at radius 2 is 1.33 bits per heavy atom. The predicted molar refractivity (Wildman–Crippen MR) is 65.4 cm³/mol. The van der Waals surface area contributed by atoms with Gasteiger partial charge in [0.2, 0.25) is 0 Å². The highest BCUT2D eigenvalue weighted by Crippen LogP contribution is 2.10. The molecule has 0 aromatic heterocycles. The Balaban J connectivity index is 0. The van der Waals surface area contributed by atoms with Gasteiger partial charge in [0.25, 0.3) is 0 Å². The fourth-order valence-electron chi connectivity index (χ4n) is 1.18. The average Bonchev–Trinajstić information content (AvgIpc) is 2.29. The van der Waals surface area contributed by atoms with Crippen LogP contribution in [0.5, 0.6) is 0 Å². The third-order valence-electron chi connectivity index (χ3n) is 2.35. The minimum absolute atomic E-state index is 0.161. The monoisotopic (exact) mass is 262 g/mol. The lowest BCUT2D eigenvalue weighted by Gasteiger charge is -2.04. The Morgan fingerprint density at radius 1 is 0.889 bits per heavy atom. The third kappa shape index (κ3) is 14.4. The van der Waals surface area contributed by atoms with Crippen LogP contribution in [0.15, 0.2) is 0 Å². The Morgan fingerprint density at radius 3 is 1.67 bits per heavy atom. The van der Waals surface area contributed by atoms with Crippen molar-refractivity contribution in [2.75, 3.05) is 0 Å². The first kappa shape index (κ1) is 18.8. The number of carboxylic acid groups (broad SMARTS) is 3. The van der Waals surface area contributed by atoms with E-state index in [1.165, 1.54) is 25.7 Å². The first-order valence-corrected chi connectivity index (χ1v) is 6.01. The highest BCUT2D eigenvalue weighted by Gasteiger charge is 2.09. The van der Waals surface area contributed by atoms with Crippen LogP contribution in [0.4, 0.5) is 0 Å². The molecule has 18 heavy (non-hydrogen) atoms. The standard InChI is InChI=1S/C10H20O2.C2H2O4/c1-3-4-5-6-7-8-9(2)10(11)12;3-1(4)2(5)6/h9H,3-8H2,1-2H3,(H,11,12);(H,3,4)(H,5,6). The first-order valence-electron chi connectivity index (χ1n) is 6.01. The van der Waals surface area contributed by atoms with Gasteiger partial charge in [0.05, 0.1) is 5.92 Å². The van der Waals surface area contributed by atoms with Crippen molar-refractivity contribution in [2.24, 2.45) is 5.92 Å². The molecule has 0 amide bonds. The Bertz CT molecular complexity index is 249. The molecule has 0 bridgehead atoms. The van der Waals surface area contributed by atoms with E-state index in [2.05, 4.69) is 6.92 Å². The van der Waals surface area contributed by atoms with Gasteiger partial charge in [-0.05, 0) is 6.42 Å². The summed E-state index contributed by atoms with van der Waals surface area (Å²) >= 11 is 0. The highest BCUT2D eigenvalue weighted by molar-refractivity contribution is 6.27. The number of hydrogen-bond donors (Lipinski definition) is 3. The molecule has 0 spiro atoms. The van der Waals surface area contributed by atoms with Gasteiger partial charge < -0.3 is 15.3 Å². The summed E-state index contributed by atoms with van der Waals surface area (Å²) in [6.07, 6.45) is 6.86. The zero-order valence-corrected chi connectivity index (χ0v) is 10.9. The molecule has 1 atom stereocenters. The molecular weight excluding hydrogens is 240 g/mol. The number of carbonyl (C=O) groups is 3. The van der Waals surface area contributed by atoms with Crippen LogP contribution < -0.4 is 0 Å². The normalized spacial score (nSPS) is 11.0. The molecule has 0 saturated heterocycles. The van der Waals surface area contributed by atoms with Gasteiger partial charge in [-0.25, -0.2) is 9.59 Å². The zero-order chi connectivity index (χ0) is 14.6. The van der Waals surface area contributed by atoms with Crippen molar-refractivity contribution in [1.29, 1.82) is 0 Å². The summed E-state index contributed by atoms with van der Waals surface area (Å²) in [5, 5.41) is 23.4. The number of aliphatic carboxylic acids is 3. The van der Waals surface area contributed by atoms with Crippen molar-refractivity contribution in [3.05, 3.63) is 0 Å². The Hall–Kier alpha value is -1.59. The lowest BCUT2D eigenvalue weighted by atomic mass is 10.0. The van der Waals surface area contributed by atoms with Crippen molar-refractivity contribution in [2.45, 2.75) is 52.4 Å². The highest BCUT2D eigenvalue weighted by atomic mass is 16.4. The maximum absolute atomic E-state index is 10.4. The van der Waals surface area contributed by atoms with E-state index in [0.29, 0.717) is 0 Å². The van der Waals surface area contributed by atoms with Gasteiger partial charge in [0.15, 0.2) is 0 Å². The molecule has 0 aliphatic rings. The number of rotatable bonds is 7. The van der Waals surface area contributed by atoms with Gasteiger partial charge >= 0.3 is 17.9 Å². The molecule has 1 unspecified atom stereocenters. The smallest absolute Gasteiger partial charge is 0.414 e. The van der Waals surface area contributed by atoms with Gasteiger partial charge in [0.1, 0.15) is 0 Å². The fraction of sp³-hybridized carbons (Fsp3) is 0.750. The van der Waals surface area contributed by atoms with Crippen LogP contribution in [0.25, 0.3) is 0 Å². The van der Waals surface area contributed by atoms with E-state index in [1.54, 1.807) is 6.92 Å². The van der Waals surface area contributed by atoms with Gasteiger partial charge in [-0.1, -0.05) is 46.0 Å². The number of unbranched alkanes of at least 4 members (excludes halogenated alkanes) is 4. The molecule has 0 fully saturated rings. The molecule has 0 heterocycles. The molecule has 106 valence electrons. The van der Waals surface area contributed by atoms with Crippen LogP contribution in [0.3, 0.4) is 0 Å². The number of carboxylic acids is 3. The van der Waals surface area contributed by atoms with E-state index >= 15 is 0 Å². The van der Waals surface area contributed by atoms with E-state index in [1.807, 2.05) is 0 Å². The van der Waals surface area contributed by atoms with Crippen molar-refractivity contribution in [1.82, 2.24) is 0 Å². The van der Waals surface area contributed by atoms with Crippen molar-refractivity contribution in [3.8, 4) is 0 Å². The maximum atomic E-state index is 10.4. The zero-order valence-electron chi connectivity index (χ0n) is 10.9. The first-order chi connectivity index (χ1) is 8.32. The second kappa shape index (κ2) is 11.9. The van der Waals surface area contributed by atoms with Crippen LogP contribution in [-0.4, -0.2) is 33.2 Å². The van der Waals surface area contributed by atoms with Crippen molar-refractivity contribution < 1.29 is 29.7 Å². The quantitative estimate of drug-likeness (QED) is 0.479. The molecule has 0 rings (SSSR count). The molecule has 6 heteroatoms. The van der Waals surface area contributed by atoms with E-state index in [9.17, 15) is 4.79 Å². The largest absolute Gasteiger partial charge is 0.481 e. The Labute approximate surface area is 107 Å². The second-order valence-electron chi connectivity index (χ2n) is 4.05. The van der Waals surface area contributed by atoms with Gasteiger partial charge in [0, 0.05) is 0 Å². The minimum Gasteiger partial charge on any atom is -0.481 e. The van der Waals surface area contributed by atoms with Gasteiger partial charge in [-0.3, -0.25) is 4.79 Å².